The Labute approximate surface area is 870 Å². The fraction of sp³-hybridized carbons (Fsp3) is 0.652. The number of ether oxygens (including phenoxy) is 2. The van der Waals surface area contributed by atoms with Crippen LogP contribution in [0.5, 0.6) is 11.5 Å². The SMILES string of the molecule is CC1CCC(C)CC1.CC1CCC(CC2CCC(C)C(C)C2)CC1C.CC1CCC(CC2CCC(C)C(C)C2)CC1C.CC1CCC(CC2CCC(C)CC2)CC1.CC1CCCC(C)C1.COc1cc(C)ccc1C.COc1ccc(C)cc1C.Cc1ccc(C(C)C)c(C)c1.Cc1ccc(C)c(C(C)C)c1.Cc1ccc(C)c(C)c1.Cc1ccc(C)cc1.Cc1cccc(C)c1.Cc1ccccc1C. The van der Waals surface area contributed by atoms with Gasteiger partial charge >= 0.3 is 0 Å². The van der Waals surface area contributed by atoms with Crippen LogP contribution in [0, 0.1) is 236 Å². The summed E-state index contributed by atoms with van der Waals surface area (Å²) in [7, 11) is 3.39. The lowest BCUT2D eigenvalue weighted by Gasteiger charge is -2.37. The Balaban J connectivity index is 0.000000319. The Bertz CT molecular complexity index is 4340. The molecule has 140 heavy (non-hydrogen) atoms. The molecular weight excluding hydrogens is 1690 g/mol. The summed E-state index contributed by atoms with van der Waals surface area (Å²) in [4.78, 5) is 0. The standard InChI is InChI=1S/2C17H32.C15H28.2C11H16.2C9H12O.C9H12.C8H16.C8H10.C8H16.2C8H10/c2*1-12-5-7-16(9-14(12)3)11-17-8-6-13(2)15(4)10-17;1-12-3-7-14(8-4-12)11-15-9-5-13(2)6-10-15;1-8(2)11-6-5-9(3)7-10(11)4;1-8(2)11-7-9(3)5-6-10(11)4;1-7-4-5-9(10-3)8(2)6-7;1-7-4-5-8(2)9(6-7)10-3;1-7-4-5-8(2)9(3)6-7;2*1-7-3-5-8(2)6-4-7;2*1-7-4-3-5-8(2)6-7;1-7-5-3-4-6-8(7)2/h2*12-17H,5-11H2,1-4H3;12-15H,3-11H2,1-2H3;2*5-8H,1-4H3;2*4-6H,1-3H3;4-6H,1-3H3;7-8H,3-6H2,1-2H3;3-6H,1-2H3;7-8H,3-6H2,1-2H3;2*3-6H,1-2H3. The highest BCUT2D eigenvalue weighted by atomic mass is 16.5. The smallest absolute Gasteiger partial charge is 0.122 e. The van der Waals surface area contributed by atoms with Crippen LogP contribution in [0.2, 0.25) is 0 Å². The van der Waals surface area contributed by atoms with E-state index in [9.17, 15) is 0 Å². The zero-order valence-electron chi connectivity index (χ0n) is 98.5. The third kappa shape index (κ3) is 52.9. The van der Waals surface area contributed by atoms with Gasteiger partial charge in [-0.2, -0.15) is 0 Å². The van der Waals surface area contributed by atoms with Crippen LogP contribution in [0.3, 0.4) is 0 Å². The van der Waals surface area contributed by atoms with Crippen molar-refractivity contribution >= 4 is 0 Å². The molecule has 8 aliphatic carbocycles. The van der Waals surface area contributed by atoms with E-state index < -0.39 is 0 Å². The van der Waals surface area contributed by atoms with Gasteiger partial charge in [0.25, 0.3) is 0 Å². The molecule has 8 fully saturated rings. The van der Waals surface area contributed by atoms with Crippen LogP contribution in [0.1, 0.15) is 441 Å². The third-order valence-electron chi connectivity index (χ3n) is 34.3. The molecule has 2 nitrogen and oxygen atoms in total. The summed E-state index contributed by atoms with van der Waals surface area (Å²) in [6.45, 7) is 78.9. The second kappa shape index (κ2) is 68.7. The molecule has 0 amide bonds. The van der Waals surface area contributed by atoms with Crippen molar-refractivity contribution < 1.29 is 9.47 Å². The van der Waals surface area contributed by atoms with Crippen molar-refractivity contribution in [3.63, 3.8) is 0 Å². The average molecular weight is 1910 g/mol. The molecule has 8 aliphatic rings. The van der Waals surface area contributed by atoms with Gasteiger partial charge in [0.05, 0.1) is 14.2 Å². The van der Waals surface area contributed by atoms with Crippen molar-refractivity contribution in [3.05, 3.63) is 269 Å². The largest absolute Gasteiger partial charge is 0.496 e. The minimum Gasteiger partial charge on any atom is -0.496 e. The Morgan fingerprint density at radius 3 is 0.771 bits per heavy atom. The van der Waals surface area contributed by atoms with Crippen molar-refractivity contribution in [2.75, 3.05) is 14.2 Å². The molecule has 0 saturated heterocycles. The van der Waals surface area contributed by atoms with Gasteiger partial charge in [0.15, 0.2) is 0 Å². The molecule has 0 aliphatic heterocycles. The molecule has 14 atom stereocenters. The van der Waals surface area contributed by atoms with Crippen LogP contribution in [-0.2, 0) is 0 Å². The van der Waals surface area contributed by atoms with Crippen molar-refractivity contribution in [2.45, 2.75) is 453 Å². The van der Waals surface area contributed by atoms with Crippen LogP contribution in [0.15, 0.2) is 164 Å². The molecule has 0 N–H and O–H groups in total. The Morgan fingerprint density at radius 2 is 0.486 bits per heavy atom. The highest BCUT2D eigenvalue weighted by Gasteiger charge is 2.33. The summed E-state index contributed by atoms with van der Waals surface area (Å²) in [5.74, 6) is 23.6. The van der Waals surface area contributed by atoms with Crippen molar-refractivity contribution in [1.29, 1.82) is 0 Å². The Kier molecular flexibility index (Phi) is 61.6. The molecule has 2 heteroatoms. The number of hydrogen-bond donors (Lipinski definition) is 0. The third-order valence-corrected chi connectivity index (χ3v) is 34.3. The van der Waals surface area contributed by atoms with Gasteiger partial charge in [-0.05, 0) is 373 Å². The molecule has 8 aromatic carbocycles. The fourth-order valence-electron chi connectivity index (χ4n) is 23.0. The van der Waals surface area contributed by atoms with Crippen LogP contribution < -0.4 is 9.47 Å². The second-order valence-corrected chi connectivity index (χ2v) is 49.2. The molecule has 16 rings (SSSR count). The molecule has 8 saturated carbocycles. The summed E-state index contributed by atoms with van der Waals surface area (Å²) in [5.41, 5.74) is 25.6. The normalized spacial score (nSPS) is 26.0. The lowest BCUT2D eigenvalue weighted by molar-refractivity contribution is 0.139. The number of benzene rings is 8. The van der Waals surface area contributed by atoms with E-state index in [1.54, 1.807) is 33.5 Å². The maximum absolute atomic E-state index is 5.13. The summed E-state index contributed by atoms with van der Waals surface area (Å²) in [6.07, 6.45) is 46.7. The van der Waals surface area contributed by atoms with E-state index in [4.69, 9.17) is 9.47 Å². The number of methoxy groups -OCH3 is 2. The zero-order valence-corrected chi connectivity index (χ0v) is 98.5. The van der Waals surface area contributed by atoms with E-state index >= 15 is 0 Å². The number of aryl methyl sites for hydroxylation is 17. The van der Waals surface area contributed by atoms with E-state index in [-0.39, 0.29) is 0 Å². The second-order valence-electron chi connectivity index (χ2n) is 49.2. The van der Waals surface area contributed by atoms with Crippen LogP contribution >= 0.6 is 0 Å². The topological polar surface area (TPSA) is 18.5 Å². The van der Waals surface area contributed by atoms with Gasteiger partial charge in [-0.1, -0.05) is 468 Å². The lowest BCUT2D eigenvalue weighted by Crippen LogP contribution is -2.26. The average Bonchev–Trinajstić information content (AvgIpc) is 0.866. The van der Waals surface area contributed by atoms with Crippen LogP contribution in [0.4, 0.5) is 0 Å². The Hall–Kier alpha value is -6.64. The summed E-state index contributed by atoms with van der Waals surface area (Å²) in [6, 6.07) is 57.4. The van der Waals surface area contributed by atoms with E-state index in [2.05, 4.69) is 374 Å². The maximum atomic E-state index is 5.13. The maximum Gasteiger partial charge on any atom is 0.122 e. The van der Waals surface area contributed by atoms with Gasteiger partial charge < -0.3 is 9.47 Å². The summed E-state index contributed by atoms with van der Waals surface area (Å²) >= 11 is 0. The first kappa shape index (κ1) is 126. The summed E-state index contributed by atoms with van der Waals surface area (Å²) < 4.78 is 10.2. The highest BCUT2D eigenvalue weighted by molar-refractivity contribution is 5.38. The van der Waals surface area contributed by atoms with Gasteiger partial charge in [0, 0.05) is 0 Å². The molecule has 0 bridgehead atoms. The van der Waals surface area contributed by atoms with Gasteiger partial charge in [0.2, 0.25) is 0 Å². The van der Waals surface area contributed by atoms with E-state index in [0.29, 0.717) is 11.8 Å². The highest BCUT2D eigenvalue weighted by Crippen LogP contribution is 2.45. The lowest BCUT2D eigenvalue weighted by atomic mass is 9.68. The van der Waals surface area contributed by atoms with Crippen molar-refractivity contribution in [1.82, 2.24) is 0 Å². The number of hydrogen-bond acceptors (Lipinski definition) is 2. The van der Waals surface area contributed by atoms with E-state index in [0.717, 1.165) is 130 Å². The van der Waals surface area contributed by atoms with Crippen LogP contribution in [0.25, 0.3) is 0 Å². The number of rotatable bonds is 10. The van der Waals surface area contributed by atoms with E-state index in [1.807, 2.05) is 32.0 Å². The molecule has 0 spiro atoms. The van der Waals surface area contributed by atoms with E-state index in [1.165, 1.54) is 285 Å². The minimum atomic E-state index is 0.648. The monoisotopic (exact) mass is 1910 g/mol. The van der Waals surface area contributed by atoms with Crippen molar-refractivity contribution in [3.8, 4) is 11.5 Å². The molecule has 8 aromatic rings. The first-order valence-corrected chi connectivity index (χ1v) is 57.7. The van der Waals surface area contributed by atoms with Gasteiger partial charge in [-0.3, -0.25) is 0 Å². The first-order valence-electron chi connectivity index (χ1n) is 57.7. The molecular formula is C138H222O2. The first-order chi connectivity index (χ1) is 66.2. The van der Waals surface area contributed by atoms with Crippen LogP contribution in [-0.4, -0.2) is 14.2 Å². The molecule has 0 aromatic heterocycles. The molecule has 0 heterocycles. The minimum absolute atomic E-state index is 0.648. The van der Waals surface area contributed by atoms with Gasteiger partial charge in [0.1, 0.15) is 11.5 Å². The molecule has 0 radical (unpaired) electrons. The van der Waals surface area contributed by atoms with Gasteiger partial charge in [-0.25, -0.2) is 0 Å². The van der Waals surface area contributed by atoms with Gasteiger partial charge in [-0.15, -0.1) is 0 Å². The fourth-order valence-corrected chi connectivity index (χ4v) is 23.0. The molecule has 786 valence electrons. The molecule has 14 unspecified atom stereocenters. The quantitative estimate of drug-likeness (QED) is 0.136. The predicted molar refractivity (Wildman–Crippen MR) is 626 cm³/mol. The zero-order chi connectivity index (χ0) is 104. The Morgan fingerprint density at radius 1 is 0.200 bits per heavy atom. The summed E-state index contributed by atoms with van der Waals surface area (Å²) in [5, 5.41) is 0. The van der Waals surface area contributed by atoms with Crippen molar-refractivity contribution in [2.24, 2.45) is 118 Å². The predicted octanol–water partition coefficient (Wildman–Crippen LogP) is 42.7.